The number of hydrogen-bond acceptors (Lipinski definition) is 1. The SMILES string of the molecule is Cc1ccc(C)n1NCc1ccc(Br)cc1. The average molecular weight is 279 g/mol. The van der Waals surface area contributed by atoms with Gasteiger partial charge < -0.3 is 5.43 Å². The van der Waals surface area contributed by atoms with Gasteiger partial charge in [0, 0.05) is 15.9 Å². The predicted octanol–water partition coefficient (Wildman–Crippen LogP) is 3.61. The van der Waals surface area contributed by atoms with Crippen LogP contribution < -0.4 is 5.43 Å². The van der Waals surface area contributed by atoms with Gasteiger partial charge in [-0.25, -0.2) is 0 Å². The highest BCUT2D eigenvalue weighted by Gasteiger charge is 1.99. The Morgan fingerprint density at radius 3 is 2.12 bits per heavy atom. The molecule has 0 amide bonds. The molecule has 0 saturated carbocycles. The van der Waals surface area contributed by atoms with Crippen LogP contribution in [0.15, 0.2) is 40.9 Å². The molecule has 1 N–H and O–H groups in total. The first-order valence-electron chi connectivity index (χ1n) is 5.30. The average Bonchev–Trinajstić information content (AvgIpc) is 2.59. The fraction of sp³-hybridized carbons (Fsp3) is 0.231. The van der Waals surface area contributed by atoms with E-state index in [1.54, 1.807) is 0 Å². The lowest BCUT2D eigenvalue weighted by Crippen LogP contribution is -2.16. The molecule has 2 rings (SSSR count). The highest BCUT2D eigenvalue weighted by atomic mass is 79.9. The number of aryl methyl sites for hydroxylation is 2. The van der Waals surface area contributed by atoms with Crippen LogP contribution in [0.5, 0.6) is 0 Å². The van der Waals surface area contributed by atoms with Crippen molar-refractivity contribution >= 4 is 15.9 Å². The molecule has 3 heteroatoms. The maximum Gasteiger partial charge on any atom is 0.0564 e. The molecule has 0 bridgehead atoms. The number of hydrogen-bond donors (Lipinski definition) is 1. The number of halogens is 1. The van der Waals surface area contributed by atoms with E-state index >= 15 is 0 Å². The summed E-state index contributed by atoms with van der Waals surface area (Å²) < 4.78 is 3.23. The van der Waals surface area contributed by atoms with Crippen LogP contribution in [0.2, 0.25) is 0 Å². The van der Waals surface area contributed by atoms with E-state index in [-0.39, 0.29) is 0 Å². The molecular formula is C13H15BrN2. The minimum atomic E-state index is 0.837. The molecule has 0 radical (unpaired) electrons. The molecule has 16 heavy (non-hydrogen) atoms. The highest BCUT2D eigenvalue weighted by Crippen LogP contribution is 2.11. The van der Waals surface area contributed by atoms with Crippen LogP contribution in [-0.2, 0) is 6.54 Å². The Kier molecular flexibility index (Phi) is 3.34. The van der Waals surface area contributed by atoms with Crippen molar-refractivity contribution in [2.45, 2.75) is 20.4 Å². The van der Waals surface area contributed by atoms with Gasteiger partial charge in [0.2, 0.25) is 0 Å². The molecule has 0 aliphatic rings. The Morgan fingerprint density at radius 2 is 1.56 bits per heavy atom. The molecule has 0 fully saturated rings. The standard InChI is InChI=1S/C13H15BrN2/c1-10-3-4-11(2)16(10)15-9-12-5-7-13(14)8-6-12/h3-8,15H,9H2,1-2H3. The van der Waals surface area contributed by atoms with Gasteiger partial charge in [-0.05, 0) is 43.7 Å². The van der Waals surface area contributed by atoms with Crippen molar-refractivity contribution in [2.24, 2.45) is 0 Å². The predicted molar refractivity (Wildman–Crippen MR) is 71.1 cm³/mol. The third-order valence-corrected chi connectivity index (χ3v) is 3.15. The number of nitrogens with one attached hydrogen (secondary N) is 1. The third kappa shape index (κ3) is 2.47. The lowest BCUT2D eigenvalue weighted by Gasteiger charge is -2.12. The van der Waals surface area contributed by atoms with Gasteiger partial charge >= 0.3 is 0 Å². The summed E-state index contributed by atoms with van der Waals surface area (Å²) in [4.78, 5) is 0. The van der Waals surface area contributed by atoms with Crippen LogP contribution in [0.25, 0.3) is 0 Å². The van der Waals surface area contributed by atoms with Crippen LogP contribution in [0.3, 0.4) is 0 Å². The molecule has 0 unspecified atom stereocenters. The number of rotatable bonds is 3. The zero-order valence-corrected chi connectivity index (χ0v) is 11.1. The third-order valence-electron chi connectivity index (χ3n) is 2.63. The van der Waals surface area contributed by atoms with Crippen LogP contribution in [0, 0.1) is 13.8 Å². The number of benzene rings is 1. The summed E-state index contributed by atoms with van der Waals surface area (Å²) in [6, 6.07) is 12.6. The Hall–Kier alpha value is -1.22. The van der Waals surface area contributed by atoms with E-state index in [4.69, 9.17) is 0 Å². The summed E-state index contributed by atoms with van der Waals surface area (Å²) in [6.07, 6.45) is 0. The first-order chi connectivity index (χ1) is 7.66. The summed E-state index contributed by atoms with van der Waals surface area (Å²) in [5.41, 5.74) is 7.13. The Morgan fingerprint density at radius 1 is 1.00 bits per heavy atom. The van der Waals surface area contributed by atoms with Crippen LogP contribution in [0.1, 0.15) is 17.0 Å². The van der Waals surface area contributed by atoms with Crippen molar-refractivity contribution in [3.8, 4) is 0 Å². The van der Waals surface area contributed by atoms with Gasteiger partial charge in [-0.2, -0.15) is 0 Å². The highest BCUT2D eigenvalue weighted by molar-refractivity contribution is 9.10. The molecule has 0 spiro atoms. The van der Waals surface area contributed by atoms with Crippen molar-refractivity contribution < 1.29 is 0 Å². The molecule has 1 heterocycles. The largest absolute Gasteiger partial charge is 0.322 e. The number of aromatic nitrogens is 1. The van der Waals surface area contributed by atoms with E-state index in [1.807, 2.05) is 0 Å². The van der Waals surface area contributed by atoms with Crippen molar-refractivity contribution in [1.82, 2.24) is 4.68 Å². The second-order valence-corrected chi connectivity index (χ2v) is 4.83. The second kappa shape index (κ2) is 4.74. The fourth-order valence-corrected chi connectivity index (χ4v) is 1.95. The van der Waals surface area contributed by atoms with Crippen LogP contribution >= 0.6 is 15.9 Å². The van der Waals surface area contributed by atoms with Gasteiger partial charge in [0.1, 0.15) is 0 Å². The van der Waals surface area contributed by atoms with Crippen molar-refractivity contribution in [2.75, 3.05) is 5.43 Å². The maximum absolute atomic E-state index is 3.43. The summed E-state index contributed by atoms with van der Waals surface area (Å²) in [5, 5.41) is 0. The van der Waals surface area contributed by atoms with E-state index in [9.17, 15) is 0 Å². The van der Waals surface area contributed by atoms with Gasteiger partial charge in [-0.15, -0.1) is 0 Å². The normalized spacial score (nSPS) is 10.4. The van der Waals surface area contributed by atoms with E-state index in [0.29, 0.717) is 0 Å². The summed E-state index contributed by atoms with van der Waals surface area (Å²) in [6.45, 7) is 5.03. The smallest absolute Gasteiger partial charge is 0.0564 e. The van der Waals surface area contributed by atoms with Gasteiger partial charge in [0.05, 0.1) is 6.54 Å². The lowest BCUT2D eigenvalue weighted by atomic mass is 10.2. The molecule has 0 aliphatic heterocycles. The second-order valence-electron chi connectivity index (χ2n) is 3.91. The van der Waals surface area contributed by atoms with Crippen molar-refractivity contribution in [3.63, 3.8) is 0 Å². The van der Waals surface area contributed by atoms with E-state index < -0.39 is 0 Å². The molecule has 2 nitrogen and oxygen atoms in total. The Labute approximate surface area is 104 Å². The van der Waals surface area contributed by atoms with Crippen molar-refractivity contribution in [3.05, 3.63) is 57.8 Å². The minimum Gasteiger partial charge on any atom is -0.322 e. The first-order valence-corrected chi connectivity index (χ1v) is 6.09. The molecule has 1 aromatic heterocycles. The molecule has 0 aliphatic carbocycles. The molecular weight excluding hydrogens is 264 g/mol. The number of nitrogens with zero attached hydrogens (tertiary/aromatic N) is 1. The van der Waals surface area contributed by atoms with E-state index in [2.05, 4.69) is 76.3 Å². The van der Waals surface area contributed by atoms with Gasteiger partial charge in [-0.1, -0.05) is 28.1 Å². The van der Waals surface area contributed by atoms with Gasteiger partial charge in [-0.3, -0.25) is 4.68 Å². The van der Waals surface area contributed by atoms with Gasteiger partial charge in [0.15, 0.2) is 0 Å². The molecule has 84 valence electrons. The topological polar surface area (TPSA) is 17.0 Å². The fourth-order valence-electron chi connectivity index (χ4n) is 1.69. The van der Waals surface area contributed by atoms with Crippen LogP contribution in [0.4, 0.5) is 0 Å². The quantitative estimate of drug-likeness (QED) is 0.908. The maximum atomic E-state index is 3.43. The molecule has 0 atom stereocenters. The summed E-state index contributed by atoms with van der Waals surface area (Å²) in [5.74, 6) is 0. The zero-order valence-electron chi connectivity index (χ0n) is 9.50. The Balaban J connectivity index is 2.05. The lowest BCUT2D eigenvalue weighted by molar-refractivity contribution is 0.792. The molecule has 1 aromatic carbocycles. The Bertz CT molecular complexity index is 452. The summed E-state index contributed by atoms with van der Waals surface area (Å²) >= 11 is 3.43. The van der Waals surface area contributed by atoms with E-state index in [0.717, 1.165) is 11.0 Å². The molecule has 0 saturated heterocycles. The van der Waals surface area contributed by atoms with E-state index in [1.165, 1.54) is 17.0 Å². The monoisotopic (exact) mass is 278 g/mol. The first kappa shape index (κ1) is 11.3. The van der Waals surface area contributed by atoms with Gasteiger partial charge in [0.25, 0.3) is 0 Å². The molecule has 2 aromatic rings. The van der Waals surface area contributed by atoms with Crippen LogP contribution in [-0.4, -0.2) is 4.68 Å². The summed E-state index contributed by atoms with van der Waals surface area (Å²) in [7, 11) is 0. The van der Waals surface area contributed by atoms with Crippen molar-refractivity contribution in [1.29, 1.82) is 0 Å². The minimum absolute atomic E-state index is 0.837. The zero-order chi connectivity index (χ0) is 11.5.